The highest BCUT2D eigenvalue weighted by Gasteiger charge is 2.78. The molecule has 0 saturated heterocycles. The summed E-state index contributed by atoms with van der Waals surface area (Å²) in [6, 6.07) is 0. The van der Waals surface area contributed by atoms with Crippen LogP contribution in [0.5, 0.6) is 0 Å². The standard InChI is InChI=1S/C16H8F28O4Si/c17-5(18,9(25,26)13(33,34)35)1-45-49(46-2-6(19,20)10(27,28)14(36,37)38,47-3-7(21,22)11(29,30)15(39,40)41)48-4-8(23,24)12(31,32)16(42,43)44/h1-4H2. The second-order valence-corrected chi connectivity index (χ2v) is 10.9. The van der Waals surface area contributed by atoms with Crippen LogP contribution in [-0.4, -0.2) is 108 Å². The average Bonchev–Trinajstić information content (AvgIpc) is 2.84. The van der Waals surface area contributed by atoms with Gasteiger partial charge in [0.2, 0.25) is 0 Å². The zero-order valence-corrected chi connectivity index (χ0v) is 22.5. The molecule has 33 heteroatoms. The third-order valence-electron chi connectivity index (χ3n) is 4.98. The summed E-state index contributed by atoms with van der Waals surface area (Å²) in [4.78, 5) is 0. The summed E-state index contributed by atoms with van der Waals surface area (Å²) in [6.07, 6.45) is -30.2. The molecular weight excluding hydrogens is 816 g/mol. The quantitative estimate of drug-likeness (QED) is 0.115. The fraction of sp³-hybridized carbons (Fsp3) is 1.00. The Kier molecular flexibility index (Phi) is 12.7. The number of alkyl halides is 28. The van der Waals surface area contributed by atoms with Gasteiger partial charge in [0.25, 0.3) is 0 Å². The Bertz CT molecular complexity index is 928. The Labute approximate surface area is 249 Å². The Hall–Kier alpha value is -1.90. The average molecular weight is 824 g/mol. The van der Waals surface area contributed by atoms with Crippen molar-refractivity contribution in [1.82, 2.24) is 0 Å². The molecule has 0 aliphatic rings. The van der Waals surface area contributed by atoms with Crippen LogP contribution in [0.2, 0.25) is 0 Å². The molecule has 0 atom stereocenters. The Morgan fingerprint density at radius 2 is 0.367 bits per heavy atom. The summed E-state index contributed by atoms with van der Waals surface area (Å²) in [6.45, 7) is -17.2. The van der Waals surface area contributed by atoms with Crippen LogP contribution in [0, 0.1) is 0 Å². The minimum absolute atomic E-state index is 2.92. The molecule has 0 heterocycles. The number of hydrogen-bond acceptors (Lipinski definition) is 4. The monoisotopic (exact) mass is 824 g/mol. The third kappa shape index (κ3) is 9.31. The molecule has 0 aromatic rings. The molecular formula is C16H8F28O4Si. The van der Waals surface area contributed by atoms with Crippen LogP contribution < -0.4 is 0 Å². The van der Waals surface area contributed by atoms with Crippen LogP contribution in [0.3, 0.4) is 0 Å². The molecule has 0 spiro atoms. The predicted octanol–water partition coefficient (Wildman–Crippen LogP) is 8.82. The van der Waals surface area contributed by atoms with Gasteiger partial charge in [-0.3, -0.25) is 0 Å². The van der Waals surface area contributed by atoms with Crippen molar-refractivity contribution in [2.75, 3.05) is 26.4 Å². The van der Waals surface area contributed by atoms with Gasteiger partial charge in [-0.15, -0.1) is 0 Å². The fourth-order valence-corrected chi connectivity index (χ4v) is 4.09. The molecule has 0 aliphatic heterocycles. The molecule has 4 nitrogen and oxygen atoms in total. The molecule has 296 valence electrons. The van der Waals surface area contributed by atoms with Gasteiger partial charge in [-0.2, -0.15) is 123 Å². The summed E-state index contributed by atoms with van der Waals surface area (Å²) in [7, 11) is -8.51. The van der Waals surface area contributed by atoms with Gasteiger partial charge >= 0.3 is 81.1 Å². The Balaban J connectivity index is 7.46. The van der Waals surface area contributed by atoms with E-state index < -0.39 is 108 Å². The molecule has 0 N–H and O–H groups in total. The largest absolute Gasteiger partial charge is 0.680 e. The summed E-state index contributed by atoms with van der Waals surface area (Å²) in [5.74, 6) is -59.3. The van der Waals surface area contributed by atoms with E-state index >= 15 is 0 Å². The molecule has 0 aromatic heterocycles. The third-order valence-corrected chi connectivity index (χ3v) is 6.97. The number of rotatable bonds is 16. The minimum atomic E-state index is -8.51. The van der Waals surface area contributed by atoms with Gasteiger partial charge in [0, 0.05) is 0 Å². The normalized spacial score (nSPS) is 16.4. The van der Waals surface area contributed by atoms with Crippen molar-refractivity contribution < 1.29 is 141 Å². The van der Waals surface area contributed by atoms with Crippen LogP contribution >= 0.6 is 0 Å². The molecule has 0 aliphatic carbocycles. The van der Waals surface area contributed by atoms with Crippen molar-refractivity contribution >= 4 is 9.05 Å². The van der Waals surface area contributed by atoms with Crippen LogP contribution in [-0.2, 0) is 17.7 Å². The maximum atomic E-state index is 13.7. The van der Waals surface area contributed by atoms with Gasteiger partial charge in [-0.1, -0.05) is 0 Å². The van der Waals surface area contributed by atoms with Gasteiger partial charge < -0.3 is 17.7 Å². The lowest BCUT2D eigenvalue weighted by molar-refractivity contribution is -0.370. The van der Waals surface area contributed by atoms with E-state index in [-0.39, 0.29) is 0 Å². The summed E-state index contributed by atoms with van der Waals surface area (Å²) >= 11 is 0. The van der Waals surface area contributed by atoms with Crippen molar-refractivity contribution in [2.24, 2.45) is 0 Å². The van der Waals surface area contributed by atoms with Crippen LogP contribution in [0.25, 0.3) is 0 Å². The summed E-state index contributed by atoms with van der Waals surface area (Å²) in [5.41, 5.74) is 0. The lowest BCUT2D eigenvalue weighted by atomic mass is 10.2. The van der Waals surface area contributed by atoms with E-state index in [1.54, 1.807) is 0 Å². The summed E-state index contributed by atoms with van der Waals surface area (Å²) in [5, 5.41) is 0. The van der Waals surface area contributed by atoms with Crippen molar-refractivity contribution in [3.05, 3.63) is 0 Å². The highest BCUT2D eigenvalue weighted by molar-refractivity contribution is 6.53. The maximum Gasteiger partial charge on any atom is 0.680 e. The molecule has 0 bridgehead atoms. The zero-order chi connectivity index (χ0) is 40.2. The van der Waals surface area contributed by atoms with Gasteiger partial charge in [0.1, 0.15) is 26.4 Å². The van der Waals surface area contributed by atoms with E-state index in [1.807, 2.05) is 0 Å². The van der Waals surface area contributed by atoms with Gasteiger partial charge in [0.15, 0.2) is 0 Å². The van der Waals surface area contributed by atoms with Crippen LogP contribution in [0.4, 0.5) is 123 Å². The second-order valence-electron chi connectivity index (χ2n) is 8.76. The SMILES string of the molecule is FC(F)(F)C(F)(F)C(F)(F)CO[Si](OCC(F)(F)C(F)(F)C(F)(F)F)(OCC(F)(F)C(F)(F)C(F)(F)F)OCC(F)(F)C(F)(F)C(F)(F)F. The smallest absolute Gasteiger partial charge is 0.345 e. The highest BCUT2D eigenvalue weighted by atomic mass is 28.4. The number of halogens is 28. The number of hydrogen-bond donors (Lipinski definition) is 0. The van der Waals surface area contributed by atoms with Gasteiger partial charge in [0.05, 0.1) is 0 Å². The zero-order valence-electron chi connectivity index (χ0n) is 21.5. The molecule has 0 amide bonds. The lowest BCUT2D eigenvalue weighted by Crippen LogP contribution is -2.63. The first-order valence-electron chi connectivity index (χ1n) is 10.7. The Morgan fingerprint density at radius 3 is 0.469 bits per heavy atom. The fourth-order valence-electron chi connectivity index (χ4n) is 2.16. The first-order valence-corrected chi connectivity index (χ1v) is 12.3. The minimum Gasteiger partial charge on any atom is -0.345 e. The topological polar surface area (TPSA) is 36.9 Å². The molecule has 0 saturated carbocycles. The Morgan fingerprint density at radius 1 is 0.245 bits per heavy atom. The van der Waals surface area contributed by atoms with Crippen LogP contribution in [0.1, 0.15) is 0 Å². The van der Waals surface area contributed by atoms with E-state index in [0.717, 1.165) is 0 Å². The first-order chi connectivity index (χ1) is 20.8. The van der Waals surface area contributed by atoms with Gasteiger partial charge in [-0.25, -0.2) is 0 Å². The first kappa shape index (κ1) is 47.1. The van der Waals surface area contributed by atoms with E-state index in [0.29, 0.717) is 0 Å². The van der Waals surface area contributed by atoms with Gasteiger partial charge in [-0.05, 0) is 0 Å². The molecule has 0 fully saturated rings. The van der Waals surface area contributed by atoms with E-state index in [1.165, 1.54) is 0 Å². The van der Waals surface area contributed by atoms with Crippen molar-refractivity contribution in [2.45, 2.75) is 72.1 Å². The highest BCUT2D eigenvalue weighted by Crippen LogP contribution is 2.51. The molecule has 0 aromatic carbocycles. The molecule has 49 heavy (non-hydrogen) atoms. The lowest BCUT2D eigenvalue weighted by Gasteiger charge is -2.37. The second kappa shape index (κ2) is 13.3. The predicted molar refractivity (Wildman–Crippen MR) is 93.4 cm³/mol. The molecule has 0 rings (SSSR count). The maximum absolute atomic E-state index is 13.7. The van der Waals surface area contributed by atoms with E-state index in [9.17, 15) is 123 Å². The van der Waals surface area contributed by atoms with Crippen molar-refractivity contribution in [3.8, 4) is 0 Å². The van der Waals surface area contributed by atoms with E-state index in [4.69, 9.17) is 0 Å². The molecule has 0 radical (unpaired) electrons. The molecule has 0 unspecified atom stereocenters. The van der Waals surface area contributed by atoms with E-state index in [2.05, 4.69) is 17.7 Å². The summed E-state index contributed by atoms with van der Waals surface area (Å²) < 4.78 is 375. The van der Waals surface area contributed by atoms with Crippen molar-refractivity contribution in [1.29, 1.82) is 0 Å². The van der Waals surface area contributed by atoms with Crippen molar-refractivity contribution in [3.63, 3.8) is 0 Å². The van der Waals surface area contributed by atoms with Crippen LogP contribution in [0.15, 0.2) is 0 Å².